The number of hydrogen-bond acceptors (Lipinski definition) is 4. The quantitative estimate of drug-likeness (QED) is 0.381. The first-order chi connectivity index (χ1) is 16.7. The Morgan fingerprint density at radius 2 is 1.74 bits per heavy atom. The van der Waals surface area contributed by atoms with Gasteiger partial charge in [-0.15, -0.1) is 0 Å². The second-order valence-electron chi connectivity index (χ2n) is 8.11. The van der Waals surface area contributed by atoms with Gasteiger partial charge in [0.1, 0.15) is 11.5 Å². The Balaban J connectivity index is 1.57. The molecular formula is C27H26N4O2S. The van der Waals surface area contributed by atoms with Crippen molar-refractivity contribution in [2.75, 3.05) is 14.2 Å². The molecular weight excluding hydrogens is 444 g/mol. The number of nitrogens with one attached hydrogen (secondary N) is 1. The zero-order chi connectivity index (χ0) is 23.5. The lowest BCUT2D eigenvalue weighted by atomic mass is 10.0. The molecule has 0 aliphatic carbocycles. The summed E-state index contributed by atoms with van der Waals surface area (Å²) in [4.78, 5) is 6.89. The van der Waals surface area contributed by atoms with E-state index in [0.717, 1.165) is 34.1 Å². The van der Waals surface area contributed by atoms with Crippen molar-refractivity contribution in [2.45, 2.75) is 18.6 Å². The van der Waals surface area contributed by atoms with E-state index in [1.807, 2.05) is 54.7 Å². The molecule has 1 fully saturated rings. The van der Waals surface area contributed by atoms with Gasteiger partial charge in [0.25, 0.3) is 0 Å². The van der Waals surface area contributed by atoms with Gasteiger partial charge in [-0.2, -0.15) is 0 Å². The molecule has 5 rings (SSSR count). The standard InChI is InChI=1S/C27H26N4O2S/c1-32-21-13-11-19(12-14-21)18-31-26(25(29-27(31)34)23-9-3-4-15-28-23)24-10-6-16-30(24)20-7-5-8-22(17-20)33-2/h3-17,25-26H,18H2,1-2H3,(H,29,34)/t25-,26+/m1/s1. The average Bonchev–Trinajstić information content (AvgIpc) is 3.49. The molecule has 1 aliphatic heterocycles. The van der Waals surface area contributed by atoms with Crippen LogP contribution < -0.4 is 14.8 Å². The van der Waals surface area contributed by atoms with Crippen LogP contribution in [-0.2, 0) is 6.54 Å². The minimum Gasteiger partial charge on any atom is -0.497 e. The van der Waals surface area contributed by atoms with Gasteiger partial charge in [-0.3, -0.25) is 4.98 Å². The second kappa shape index (κ2) is 9.57. The molecule has 34 heavy (non-hydrogen) atoms. The summed E-state index contributed by atoms with van der Waals surface area (Å²) in [5, 5.41) is 4.24. The van der Waals surface area contributed by atoms with E-state index in [1.165, 1.54) is 0 Å². The summed E-state index contributed by atoms with van der Waals surface area (Å²) in [5.74, 6) is 1.65. The third-order valence-electron chi connectivity index (χ3n) is 6.12. The van der Waals surface area contributed by atoms with Crippen molar-refractivity contribution < 1.29 is 9.47 Å². The number of hydrogen-bond donors (Lipinski definition) is 1. The van der Waals surface area contributed by atoms with Crippen molar-refractivity contribution in [3.63, 3.8) is 0 Å². The number of nitrogens with zero attached hydrogens (tertiary/aromatic N) is 3. The molecule has 0 bridgehead atoms. The first-order valence-electron chi connectivity index (χ1n) is 11.1. The Morgan fingerprint density at radius 1 is 0.912 bits per heavy atom. The maximum absolute atomic E-state index is 5.85. The molecule has 3 heterocycles. The van der Waals surface area contributed by atoms with Crippen LogP contribution in [0.3, 0.4) is 0 Å². The fourth-order valence-corrected chi connectivity index (χ4v) is 4.76. The number of pyridine rings is 1. The highest BCUT2D eigenvalue weighted by atomic mass is 32.1. The smallest absolute Gasteiger partial charge is 0.170 e. The third-order valence-corrected chi connectivity index (χ3v) is 6.48. The lowest BCUT2D eigenvalue weighted by molar-refractivity contribution is 0.302. The van der Waals surface area contributed by atoms with Gasteiger partial charge < -0.3 is 24.3 Å². The van der Waals surface area contributed by atoms with E-state index in [0.29, 0.717) is 11.7 Å². The zero-order valence-electron chi connectivity index (χ0n) is 19.1. The SMILES string of the molecule is COc1ccc(CN2C(=S)N[C@H](c3ccccn3)[C@@H]2c2cccn2-c2cccc(OC)c2)cc1. The van der Waals surface area contributed by atoms with Crippen LogP contribution >= 0.6 is 12.2 Å². The van der Waals surface area contributed by atoms with Crippen LogP contribution in [-0.4, -0.2) is 33.8 Å². The first kappa shape index (κ1) is 22.0. The van der Waals surface area contributed by atoms with Crippen molar-refractivity contribution in [2.24, 2.45) is 0 Å². The first-order valence-corrected chi connectivity index (χ1v) is 11.5. The van der Waals surface area contributed by atoms with Gasteiger partial charge in [0.05, 0.1) is 32.0 Å². The van der Waals surface area contributed by atoms with Crippen molar-refractivity contribution in [1.82, 2.24) is 19.8 Å². The molecule has 0 saturated carbocycles. The van der Waals surface area contributed by atoms with Gasteiger partial charge in [-0.05, 0) is 66.3 Å². The molecule has 0 spiro atoms. The number of thiocarbonyl (C=S) groups is 1. The number of ether oxygens (including phenoxy) is 2. The number of rotatable bonds is 7. The summed E-state index contributed by atoms with van der Waals surface area (Å²) in [6, 6.07) is 26.2. The van der Waals surface area contributed by atoms with Crippen molar-refractivity contribution in [3.8, 4) is 17.2 Å². The van der Waals surface area contributed by atoms with Gasteiger partial charge in [-0.25, -0.2) is 0 Å². The van der Waals surface area contributed by atoms with Crippen LogP contribution in [0.4, 0.5) is 0 Å². The van der Waals surface area contributed by atoms with Crippen LogP contribution in [0.15, 0.2) is 91.3 Å². The van der Waals surface area contributed by atoms with Gasteiger partial charge in [0, 0.05) is 36.4 Å². The highest BCUT2D eigenvalue weighted by Gasteiger charge is 2.41. The molecule has 0 radical (unpaired) electrons. The monoisotopic (exact) mass is 470 g/mol. The molecule has 0 amide bonds. The van der Waals surface area contributed by atoms with Crippen LogP contribution in [0.2, 0.25) is 0 Å². The summed E-state index contributed by atoms with van der Waals surface area (Å²) in [7, 11) is 3.36. The Hall–Kier alpha value is -3.84. The molecule has 6 nitrogen and oxygen atoms in total. The van der Waals surface area contributed by atoms with E-state index in [4.69, 9.17) is 21.7 Å². The summed E-state index contributed by atoms with van der Waals surface area (Å²) in [6.07, 6.45) is 3.90. The Bertz CT molecular complexity index is 1270. The fourth-order valence-electron chi connectivity index (χ4n) is 4.46. The second-order valence-corrected chi connectivity index (χ2v) is 8.49. The van der Waals surface area contributed by atoms with Crippen LogP contribution in [0.1, 0.15) is 29.0 Å². The summed E-state index contributed by atoms with van der Waals surface area (Å²) in [5.41, 5.74) is 4.24. The molecule has 1 aliphatic rings. The minimum absolute atomic E-state index is 0.0642. The summed E-state index contributed by atoms with van der Waals surface area (Å²) in [6.45, 7) is 0.660. The lowest BCUT2D eigenvalue weighted by Crippen LogP contribution is -2.30. The summed E-state index contributed by atoms with van der Waals surface area (Å²) < 4.78 is 13.0. The van der Waals surface area contributed by atoms with Crippen molar-refractivity contribution in [1.29, 1.82) is 0 Å². The van der Waals surface area contributed by atoms with Crippen molar-refractivity contribution >= 4 is 17.3 Å². The van der Waals surface area contributed by atoms with Crippen LogP contribution in [0.5, 0.6) is 11.5 Å². The molecule has 0 unspecified atom stereocenters. The Morgan fingerprint density at radius 3 is 2.47 bits per heavy atom. The largest absolute Gasteiger partial charge is 0.497 e. The molecule has 1 saturated heterocycles. The van der Waals surface area contributed by atoms with E-state index in [2.05, 4.69) is 56.3 Å². The van der Waals surface area contributed by atoms with E-state index in [-0.39, 0.29) is 12.1 Å². The van der Waals surface area contributed by atoms with Crippen LogP contribution in [0.25, 0.3) is 5.69 Å². The highest BCUT2D eigenvalue weighted by molar-refractivity contribution is 7.80. The van der Waals surface area contributed by atoms with E-state index in [9.17, 15) is 0 Å². The minimum atomic E-state index is -0.0915. The van der Waals surface area contributed by atoms with E-state index >= 15 is 0 Å². The summed E-state index contributed by atoms with van der Waals surface area (Å²) >= 11 is 5.85. The maximum atomic E-state index is 5.85. The molecule has 2 aromatic heterocycles. The predicted octanol–water partition coefficient (Wildman–Crippen LogP) is 5.06. The maximum Gasteiger partial charge on any atom is 0.170 e. The Labute approximate surface area is 204 Å². The Kier molecular flexibility index (Phi) is 6.18. The zero-order valence-corrected chi connectivity index (χ0v) is 19.9. The van der Waals surface area contributed by atoms with E-state index < -0.39 is 0 Å². The predicted molar refractivity (Wildman–Crippen MR) is 136 cm³/mol. The van der Waals surface area contributed by atoms with E-state index in [1.54, 1.807) is 14.2 Å². The molecule has 1 N–H and O–H groups in total. The number of benzene rings is 2. The number of methoxy groups -OCH3 is 2. The molecule has 7 heteroatoms. The van der Waals surface area contributed by atoms with Gasteiger partial charge in [0.15, 0.2) is 5.11 Å². The topological polar surface area (TPSA) is 51.5 Å². The fraction of sp³-hybridized carbons (Fsp3) is 0.185. The molecule has 2 aromatic carbocycles. The molecule has 2 atom stereocenters. The molecule has 4 aromatic rings. The third kappa shape index (κ3) is 4.22. The lowest BCUT2D eigenvalue weighted by Gasteiger charge is -2.29. The van der Waals surface area contributed by atoms with Gasteiger partial charge in [0.2, 0.25) is 0 Å². The average molecular weight is 471 g/mol. The van der Waals surface area contributed by atoms with Crippen LogP contribution in [0, 0.1) is 0 Å². The molecule has 172 valence electrons. The normalized spacial score (nSPS) is 17.5. The van der Waals surface area contributed by atoms with Gasteiger partial charge in [-0.1, -0.05) is 24.3 Å². The van der Waals surface area contributed by atoms with Crippen molar-refractivity contribution in [3.05, 3.63) is 108 Å². The highest BCUT2D eigenvalue weighted by Crippen LogP contribution is 2.40. The van der Waals surface area contributed by atoms with Gasteiger partial charge >= 0.3 is 0 Å². The number of aromatic nitrogens is 2.